The molecule has 0 saturated heterocycles. The van der Waals surface area contributed by atoms with E-state index in [9.17, 15) is 9.59 Å². The minimum atomic E-state index is -0.854. The maximum Gasteiger partial charge on any atom is 0.305 e. The third-order valence-electron chi connectivity index (χ3n) is 3.05. The van der Waals surface area contributed by atoms with Crippen LogP contribution in [0.25, 0.3) is 0 Å². The highest BCUT2D eigenvalue weighted by molar-refractivity contribution is 5.76. The molecule has 1 amide bonds. The minimum Gasteiger partial charge on any atom is -0.481 e. The number of rotatable bonds is 10. The molecule has 0 aliphatic heterocycles. The number of nitrogens with zero attached hydrogens (tertiary/aromatic N) is 2. The molecule has 1 N–H and O–H groups in total. The first kappa shape index (κ1) is 16.9. The van der Waals surface area contributed by atoms with E-state index in [1.165, 1.54) is 0 Å². The predicted molar refractivity (Wildman–Crippen MR) is 71.5 cm³/mol. The van der Waals surface area contributed by atoms with Gasteiger partial charge in [-0.05, 0) is 26.1 Å². The van der Waals surface area contributed by atoms with Gasteiger partial charge in [-0.25, -0.2) is 0 Å². The van der Waals surface area contributed by atoms with E-state index in [4.69, 9.17) is 5.11 Å². The second-order valence-corrected chi connectivity index (χ2v) is 4.26. The minimum absolute atomic E-state index is 0.0248. The van der Waals surface area contributed by atoms with Gasteiger partial charge in [0.05, 0.1) is 6.42 Å². The number of carbonyl (C=O) groups is 2. The summed E-state index contributed by atoms with van der Waals surface area (Å²) < 4.78 is 0. The van der Waals surface area contributed by atoms with Gasteiger partial charge in [0.2, 0.25) is 5.91 Å². The second-order valence-electron chi connectivity index (χ2n) is 4.26. The molecule has 0 heterocycles. The third kappa shape index (κ3) is 7.27. The summed E-state index contributed by atoms with van der Waals surface area (Å²) in [6, 6.07) is 0. The van der Waals surface area contributed by atoms with E-state index in [0.717, 1.165) is 26.1 Å². The molecule has 0 bridgehead atoms. The monoisotopic (exact) mass is 258 g/mol. The Labute approximate surface area is 110 Å². The molecule has 0 atom stereocenters. The van der Waals surface area contributed by atoms with Crippen molar-refractivity contribution in [3.63, 3.8) is 0 Å². The van der Waals surface area contributed by atoms with Gasteiger partial charge in [0.1, 0.15) is 0 Å². The van der Waals surface area contributed by atoms with Crippen molar-refractivity contribution < 1.29 is 14.7 Å². The van der Waals surface area contributed by atoms with Crippen LogP contribution in [0.4, 0.5) is 0 Å². The summed E-state index contributed by atoms with van der Waals surface area (Å²) in [4.78, 5) is 26.2. The zero-order valence-electron chi connectivity index (χ0n) is 11.8. The average molecular weight is 258 g/mol. The Morgan fingerprint density at radius 1 is 1.00 bits per heavy atom. The molecule has 0 fully saturated rings. The lowest BCUT2D eigenvalue weighted by atomic mass is 10.3. The molecule has 0 aliphatic carbocycles. The van der Waals surface area contributed by atoms with E-state index >= 15 is 0 Å². The van der Waals surface area contributed by atoms with Gasteiger partial charge < -0.3 is 14.9 Å². The Bertz CT molecular complexity index is 253. The topological polar surface area (TPSA) is 60.9 Å². The fourth-order valence-corrected chi connectivity index (χ4v) is 1.84. The number of hydrogen-bond donors (Lipinski definition) is 1. The van der Waals surface area contributed by atoms with E-state index in [1.807, 2.05) is 0 Å². The second kappa shape index (κ2) is 9.88. The van der Waals surface area contributed by atoms with Crippen molar-refractivity contribution in [2.24, 2.45) is 0 Å². The number of hydrogen-bond acceptors (Lipinski definition) is 3. The number of carboxylic acids is 1. The number of carboxylic acid groups (broad SMARTS) is 1. The quantitative estimate of drug-likeness (QED) is 0.644. The molecule has 5 nitrogen and oxygen atoms in total. The Kier molecular flexibility index (Phi) is 9.28. The SMILES string of the molecule is CCC(=O)N(CCCN(CC)CC)CCC(=O)O. The first-order valence-corrected chi connectivity index (χ1v) is 6.77. The molecule has 106 valence electrons. The molecular formula is C13H26N2O3. The highest BCUT2D eigenvalue weighted by atomic mass is 16.4. The van der Waals surface area contributed by atoms with Crippen molar-refractivity contribution in [1.29, 1.82) is 0 Å². The van der Waals surface area contributed by atoms with E-state index in [-0.39, 0.29) is 12.3 Å². The van der Waals surface area contributed by atoms with Crippen LogP contribution in [0.1, 0.15) is 40.0 Å². The molecule has 18 heavy (non-hydrogen) atoms. The fourth-order valence-electron chi connectivity index (χ4n) is 1.84. The Balaban J connectivity index is 4.08. The molecule has 5 heteroatoms. The maximum atomic E-state index is 11.7. The van der Waals surface area contributed by atoms with Gasteiger partial charge >= 0.3 is 5.97 Å². The van der Waals surface area contributed by atoms with Gasteiger partial charge in [-0.1, -0.05) is 20.8 Å². The lowest BCUT2D eigenvalue weighted by molar-refractivity contribution is -0.138. The van der Waals surface area contributed by atoms with Crippen molar-refractivity contribution in [2.75, 3.05) is 32.7 Å². The predicted octanol–water partition coefficient (Wildman–Crippen LogP) is 1.43. The highest BCUT2D eigenvalue weighted by Crippen LogP contribution is 2.00. The van der Waals surface area contributed by atoms with Gasteiger partial charge in [0.25, 0.3) is 0 Å². The molecule has 0 aliphatic rings. The zero-order chi connectivity index (χ0) is 14.0. The molecule has 0 spiro atoms. The first-order chi connectivity index (χ1) is 8.54. The molecule has 0 rings (SSSR count). The summed E-state index contributed by atoms with van der Waals surface area (Å²) in [5, 5.41) is 8.66. The standard InChI is InChI=1S/C13H26N2O3/c1-4-12(16)15(11-8-13(17)18)10-7-9-14(5-2)6-3/h4-11H2,1-3H3,(H,17,18). The van der Waals surface area contributed by atoms with Crippen LogP contribution in [0, 0.1) is 0 Å². The van der Waals surface area contributed by atoms with Crippen LogP contribution in [0.2, 0.25) is 0 Å². The molecule has 0 aromatic carbocycles. The smallest absolute Gasteiger partial charge is 0.305 e. The lowest BCUT2D eigenvalue weighted by Gasteiger charge is -2.24. The van der Waals surface area contributed by atoms with E-state index < -0.39 is 5.97 Å². The number of carbonyl (C=O) groups excluding carboxylic acids is 1. The van der Waals surface area contributed by atoms with Crippen LogP contribution in [-0.2, 0) is 9.59 Å². The van der Waals surface area contributed by atoms with Gasteiger partial charge in [0, 0.05) is 19.5 Å². The summed E-state index contributed by atoms with van der Waals surface area (Å²) in [5.74, 6) is -0.816. The largest absolute Gasteiger partial charge is 0.481 e. The first-order valence-electron chi connectivity index (χ1n) is 6.77. The third-order valence-corrected chi connectivity index (χ3v) is 3.05. The van der Waals surface area contributed by atoms with Gasteiger partial charge in [-0.2, -0.15) is 0 Å². The van der Waals surface area contributed by atoms with E-state index in [2.05, 4.69) is 18.7 Å². The molecule has 0 aromatic heterocycles. The van der Waals surface area contributed by atoms with Crippen LogP contribution in [0.5, 0.6) is 0 Å². The summed E-state index contributed by atoms with van der Waals surface area (Å²) in [6.07, 6.45) is 1.36. The average Bonchev–Trinajstić information content (AvgIpc) is 2.37. The Morgan fingerprint density at radius 3 is 2.06 bits per heavy atom. The molecule has 0 radical (unpaired) electrons. The fraction of sp³-hybridized carbons (Fsp3) is 0.846. The molecule has 0 saturated carbocycles. The summed E-state index contributed by atoms with van der Waals surface area (Å²) in [7, 11) is 0. The molecule has 0 unspecified atom stereocenters. The molecule has 0 aromatic rings. The van der Waals surface area contributed by atoms with E-state index in [0.29, 0.717) is 19.5 Å². The summed E-state index contributed by atoms with van der Waals surface area (Å²) >= 11 is 0. The Hall–Kier alpha value is -1.10. The number of aliphatic carboxylic acids is 1. The summed E-state index contributed by atoms with van der Waals surface area (Å²) in [5.41, 5.74) is 0. The van der Waals surface area contributed by atoms with Crippen LogP contribution in [0.15, 0.2) is 0 Å². The van der Waals surface area contributed by atoms with E-state index in [1.54, 1.807) is 11.8 Å². The van der Waals surface area contributed by atoms with Crippen molar-refractivity contribution in [3.8, 4) is 0 Å². The van der Waals surface area contributed by atoms with Crippen LogP contribution in [0.3, 0.4) is 0 Å². The normalized spacial score (nSPS) is 10.7. The van der Waals surface area contributed by atoms with Crippen molar-refractivity contribution >= 4 is 11.9 Å². The summed E-state index contributed by atoms with van der Waals surface area (Å²) in [6.45, 7) is 9.97. The van der Waals surface area contributed by atoms with Gasteiger partial charge in [0.15, 0.2) is 0 Å². The highest BCUT2D eigenvalue weighted by Gasteiger charge is 2.12. The molecular weight excluding hydrogens is 232 g/mol. The van der Waals surface area contributed by atoms with Crippen molar-refractivity contribution in [3.05, 3.63) is 0 Å². The number of amides is 1. The van der Waals surface area contributed by atoms with Gasteiger partial charge in [-0.3, -0.25) is 9.59 Å². The van der Waals surface area contributed by atoms with Crippen LogP contribution >= 0.6 is 0 Å². The van der Waals surface area contributed by atoms with Crippen molar-refractivity contribution in [2.45, 2.75) is 40.0 Å². The van der Waals surface area contributed by atoms with Crippen LogP contribution < -0.4 is 0 Å². The maximum absolute atomic E-state index is 11.7. The van der Waals surface area contributed by atoms with Crippen LogP contribution in [-0.4, -0.2) is 59.5 Å². The van der Waals surface area contributed by atoms with Gasteiger partial charge in [-0.15, -0.1) is 0 Å². The zero-order valence-corrected chi connectivity index (χ0v) is 11.8. The lowest BCUT2D eigenvalue weighted by Crippen LogP contribution is -2.35. The van der Waals surface area contributed by atoms with Crippen molar-refractivity contribution in [1.82, 2.24) is 9.80 Å². The Morgan fingerprint density at radius 2 is 1.61 bits per heavy atom.